The summed E-state index contributed by atoms with van der Waals surface area (Å²) in [4.78, 5) is 39.7. The van der Waals surface area contributed by atoms with Crippen molar-refractivity contribution >= 4 is 23.9 Å². The first kappa shape index (κ1) is 49.9. The van der Waals surface area contributed by atoms with Crippen LogP contribution < -0.4 is 20.4 Å². The Labute approximate surface area is 285 Å². The van der Waals surface area contributed by atoms with E-state index in [1.807, 2.05) is 0 Å². The SMILES string of the molecule is CCCCCCCC(=O)[O-].CCCCCCCC(=O)[O-].CCCCCCCC(=O)[O-].CCCCCCCC(=O)[O-].[Ce+4]. The van der Waals surface area contributed by atoms with Gasteiger partial charge in [-0.25, -0.2) is 0 Å². The van der Waals surface area contributed by atoms with E-state index in [0.29, 0.717) is 0 Å². The van der Waals surface area contributed by atoms with Crippen LogP contribution in [0.3, 0.4) is 0 Å². The Kier molecular flexibility index (Phi) is 56.3. The number of carbonyl (C=O) groups is 4. The van der Waals surface area contributed by atoms with E-state index in [-0.39, 0.29) is 67.4 Å². The maximum atomic E-state index is 9.92. The van der Waals surface area contributed by atoms with Crippen molar-refractivity contribution in [3.05, 3.63) is 0 Å². The van der Waals surface area contributed by atoms with E-state index < -0.39 is 23.9 Å². The maximum absolute atomic E-state index is 9.92. The van der Waals surface area contributed by atoms with E-state index >= 15 is 0 Å². The number of carboxylic acids is 4. The van der Waals surface area contributed by atoms with Crippen LogP contribution in [-0.2, 0) is 19.2 Å². The third-order valence-electron chi connectivity index (χ3n) is 5.94. The third-order valence-corrected chi connectivity index (χ3v) is 5.94. The summed E-state index contributed by atoms with van der Waals surface area (Å²) < 4.78 is 0. The van der Waals surface area contributed by atoms with Crippen LogP contribution in [0.4, 0.5) is 0 Å². The molecule has 0 bridgehead atoms. The van der Waals surface area contributed by atoms with Crippen molar-refractivity contribution in [1.82, 2.24) is 0 Å². The van der Waals surface area contributed by atoms with E-state index in [1.165, 1.54) is 51.4 Å². The fourth-order valence-electron chi connectivity index (χ4n) is 3.49. The molecule has 0 atom stereocenters. The van der Waals surface area contributed by atoms with Crippen LogP contribution in [0.25, 0.3) is 0 Å². The second kappa shape index (κ2) is 46.2. The molecule has 8 nitrogen and oxygen atoms in total. The molecule has 0 spiro atoms. The quantitative estimate of drug-likeness (QED) is 0.133. The van der Waals surface area contributed by atoms with Crippen LogP contribution in [0.15, 0.2) is 0 Å². The summed E-state index contributed by atoms with van der Waals surface area (Å²) in [6, 6.07) is 0. The van der Waals surface area contributed by atoms with Gasteiger partial charge in [-0.05, 0) is 51.4 Å². The second-order valence-electron chi connectivity index (χ2n) is 10.1. The van der Waals surface area contributed by atoms with Gasteiger partial charge in [0.1, 0.15) is 0 Å². The molecular weight excluding hydrogens is 652 g/mol. The van der Waals surface area contributed by atoms with Gasteiger partial charge in [-0.2, -0.15) is 0 Å². The van der Waals surface area contributed by atoms with Crippen molar-refractivity contribution < 1.29 is 81.4 Å². The van der Waals surface area contributed by atoms with E-state index in [1.54, 1.807) is 0 Å². The molecule has 0 aliphatic rings. The predicted octanol–water partition coefficient (Wildman–Crippen LogP) is 4.39. The number of hydrogen-bond acceptors (Lipinski definition) is 8. The largest absolute Gasteiger partial charge is 4.00 e. The van der Waals surface area contributed by atoms with Gasteiger partial charge >= 0.3 is 41.7 Å². The molecule has 0 rings (SSSR count). The number of aliphatic carboxylic acids is 4. The molecular formula is C32H60CeO8. The zero-order valence-corrected chi connectivity index (χ0v) is 29.9. The summed E-state index contributed by atoms with van der Waals surface area (Å²) in [7, 11) is 0. The van der Waals surface area contributed by atoms with E-state index in [0.717, 1.165) is 77.0 Å². The van der Waals surface area contributed by atoms with E-state index in [2.05, 4.69) is 27.7 Å². The minimum atomic E-state index is -0.920. The molecule has 0 fully saturated rings. The second-order valence-corrected chi connectivity index (χ2v) is 10.1. The Hall–Kier alpha value is -0.743. The van der Waals surface area contributed by atoms with Crippen LogP contribution >= 0.6 is 0 Å². The molecule has 0 unspecified atom stereocenters. The van der Waals surface area contributed by atoms with Crippen molar-refractivity contribution in [2.75, 3.05) is 0 Å². The molecule has 0 radical (unpaired) electrons. The maximum Gasteiger partial charge on any atom is 4.00 e. The first-order valence-corrected chi connectivity index (χ1v) is 15.9. The molecule has 0 N–H and O–H groups in total. The first-order chi connectivity index (χ1) is 19.1. The fourth-order valence-corrected chi connectivity index (χ4v) is 3.49. The Morgan fingerprint density at radius 1 is 0.317 bits per heavy atom. The van der Waals surface area contributed by atoms with Crippen LogP contribution in [0.2, 0.25) is 0 Å². The van der Waals surface area contributed by atoms with Gasteiger partial charge in [0.25, 0.3) is 0 Å². The summed E-state index contributed by atoms with van der Waals surface area (Å²) in [6.45, 7) is 8.55. The molecule has 0 aromatic carbocycles. The molecule has 0 aromatic heterocycles. The summed E-state index contributed by atoms with van der Waals surface area (Å²) in [5.74, 6) is -3.68. The summed E-state index contributed by atoms with van der Waals surface area (Å²) >= 11 is 0. The Balaban J connectivity index is -0.000000139. The molecule has 0 saturated carbocycles. The van der Waals surface area contributed by atoms with Gasteiger partial charge in [0, 0.05) is 23.9 Å². The van der Waals surface area contributed by atoms with Crippen molar-refractivity contribution in [2.24, 2.45) is 0 Å². The first-order valence-electron chi connectivity index (χ1n) is 15.9. The van der Waals surface area contributed by atoms with Gasteiger partial charge < -0.3 is 39.6 Å². The average Bonchev–Trinajstić information content (AvgIpc) is 2.89. The molecule has 9 heteroatoms. The number of unbranched alkanes of at least 4 members (excludes halogenated alkanes) is 16. The van der Waals surface area contributed by atoms with Crippen molar-refractivity contribution in [2.45, 2.75) is 182 Å². The minimum Gasteiger partial charge on any atom is -0.550 e. The van der Waals surface area contributed by atoms with Crippen LogP contribution in [-0.4, -0.2) is 23.9 Å². The molecule has 0 amide bonds. The van der Waals surface area contributed by atoms with Crippen molar-refractivity contribution in [3.63, 3.8) is 0 Å². The average molecular weight is 713 g/mol. The topological polar surface area (TPSA) is 161 Å². The number of hydrogen-bond donors (Lipinski definition) is 0. The monoisotopic (exact) mass is 712 g/mol. The number of carbonyl (C=O) groups excluding carboxylic acids is 4. The number of rotatable bonds is 24. The Bertz CT molecular complexity index is 460. The molecule has 0 aliphatic carbocycles. The molecule has 0 aliphatic heterocycles. The molecule has 0 heterocycles. The standard InChI is InChI=1S/4C8H16O2.Ce/c4*1-2-3-4-5-6-7-8(9)10;/h4*2-7H2,1H3,(H,9,10);/q;;;;+4/p-4. The summed E-state index contributed by atoms with van der Waals surface area (Å²) in [6.07, 6.45) is 22.4. The Morgan fingerprint density at radius 2 is 0.463 bits per heavy atom. The summed E-state index contributed by atoms with van der Waals surface area (Å²) in [5.41, 5.74) is 0. The molecule has 0 aromatic rings. The van der Waals surface area contributed by atoms with Gasteiger partial charge in [0.05, 0.1) is 0 Å². The minimum absolute atomic E-state index is 0. The van der Waals surface area contributed by atoms with Crippen LogP contribution in [0.1, 0.15) is 182 Å². The molecule has 41 heavy (non-hydrogen) atoms. The van der Waals surface area contributed by atoms with E-state index in [9.17, 15) is 39.6 Å². The van der Waals surface area contributed by atoms with Crippen LogP contribution in [0.5, 0.6) is 0 Å². The van der Waals surface area contributed by atoms with Gasteiger partial charge in [-0.15, -0.1) is 0 Å². The molecule has 0 saturated heterocycles. The smallest absolute Gasteiger partial charge is 0.550 e. The van der Waals surface area contributed by atoms with E-state index in [4.69, 9.17) is 0 Å². The van der Waals surface area contributed by atoms with Gasteiger partial charge in [0.15, 0.2) is 0 Å². The van der Waals surface area contributed by atoms with Gasteiger partial charge in [-0.3, -0.25) is 0 Å². The third kappa shape index (κ3) is 73.3. The van der Waals surface area contributed by atoms with Gasteiger partial charge in [0.2, 0.25) is 0 Å². The fraction of sp³-hybridized carbons (Fsp3) is 0.875. The number of carboxylic acid groups (broad SMARTS) is 4. The zero-order valence-electron chi connectivity index (χ0n) is 26.7. The van der Waals surface area contributed by atoms with Crippen molar-refractivity contribution in [1.29, 1.82) is 0 Å². The summed E-state index contributed by atoms with van der Waals surface area (Å²) in [5, 5.41) is 39.7. The van der Waals surface area contributed by atoms with Crippen LogP contribution in [0, 0.1) is 41.7 Å². The van der Waals surface area contributed by atoms with Gasteiger partial charge in [-0.1, -0.05) is 130 Å². The normalized spacial score (nSPS) is 9.46. The van der Waals surface area contributed by atoms with Crippen molar-refractivity contribution in [3.8, 4) is 0 Å². The zero-order chi connectivity index (χ0) is 31.3. The Morgan fingerprint density at radius 3 is 0.585 bits per heavy atom. The predicted molar refractivity (Wildman–Crippen MR) is 154 cm³/mol. The molecule has 240 valence electrons.